The lowest BCUT2D eigenvalue weighted by atomic mass is 10.1. The molecule has 0 bridgehead atoms. The molecule has 0 unspecified atom stereocenters. The van der Waals surface area contributed by atoms with Gasteiger partial charge < -0.3 is 14.9 Å². The zero-order valence-electron chi connectivity index (χ0n) is 15.4. The molecule has 2 N–H and O–H groups in total. The molecule has 0 spiro atoms. The van der Waals surface area contributed by atoms with Crippen LogP contribution in [0.3, 0.4) is 0 Å². The van der Waals surface area contributed by atoms with Crippen LogP contribution in [0.15, 0.2) is 57.7 Å². The zero-order chi connectivity index (χ0) is 21.4. The Kier molecular flexibility index (Phi) is 4.63. The largest absolute Gasteiger partial charge is 0.426 e. The van der Waals surface area contributed by atoms with E-state index in [0.717, 1.165) is 4.90 Å². The van der Waals surface area contributed by atoms with E-state index in [4.69, 9.17) is 14.9 Å². The smallest absolute Gasteiger partial charge is 0.349 e. The first-order chi connectivity index (χ1) is 14.3. The monoisotopic (exact) mass is 406 g/mol. The van der Waals surface area contributed by atoms with Crippen molar-refractivity contribution in [3.63, 3.8) is 0 Å². The molecule has 2 heterocycles. The predicted molar refractivity (Wildman–Crippen MR) is 103 cm³/mol. The van der Waals surface area contributed by atoms with E-state index in [0.29, 0.717) is 16.5 Å². The highest BCUT2D eigenvalue weighted by molar-refractivity contribution is 6.21. The number of amides is 3. The van der Waals surface area contributed by atoms with Crippen LogP contribution in [-0.4, -0.2) is 35.1 Å². The molecule has 1 aliphatic heterocycles. The second-order valence-corrected chi connectivity index (χ2v) is 6.54. The number of hydrogen-bond donors (Lipinski definition) is 1. The van der Waals surface area contributed by atoms with Gasteiger partial charge in [-0.05, 0) is 30.3 Å². The fourth-order valence-corrected chi connectivity index (χ4v) is 3.15. The van der Waals surface area contributed by atoms with Gasteiger partial charge in [0.15, 0.2) is 0 Å². The summed E-state index contributed by atoms with van der Waals surface area (Å²) in [5.41, 5.74) is 4.64. The van der Waals surface area contributed by atoms with Gasteiger partial charge in [0, 0.05) is 18.0 Å². The second kappa shape index (κ2) is 7.28. The normalized spacial score (nSPS) is 12.9. The highest BCUT2D eigenvalue weighted by Gasteiger charge is 2.35. The van der Waals surface area contributed by atoms with Crippen LogP contribution in [0.4, 0.5) is 0 Å². The topological polar surface area (TPSA) is 137 Å². The third-order valence-electron chi connectivity index (χ3n) is 4.62. The molecule has 3 aromatic rings. The molecule has 3 amide bonds. The van der Waals surface area contributed by atoms with Gasteiger partial charge in [0.25, 0.3) is 17.7 Å². The summed E-state index contributed by atoms with van der Waals surface area (Å²) in [6.07, 6.45) is -0.214. The van der Waals surface area contributed by atoms with E-state index in [9.17, 15) is 24.0 Å². The quantitative estimate of drug-likeness (QED) is 0.293. The van der Waals surface area contributed by atoms with Crippen molar-refractivity contribution < 1.29 is 28.3 Å². The lowest BCUT2D eigenvalue weighted by Crippen LogP contribution is -2.32. The summed E-state index contributed by atoms with van der Waals surface area (Å²) in [5, 5.41) is 0.425. The molecule has 0 radical (unpaired) electrons. The summed E-state index contributed by atoms with van der Waals surface area (Å²) in [7, 11) is 0. The average molecular weight is 406 g/mol. The number of nitrogens with two attached hydrogens (primary N) is 1. The Hall–Kier alpha value is -4.27. The molecule has 1 aliphatic rings. The van der Waals surface area contributed by atoms with Crippen LogP contribution < -0.4 is 16.1 Å². The lowest BCUT2D eigenvalue weighted by Gasteiger charge is -2.13. The summed E-state index contributed by atoms with van der Waals surface area (Å²) < 4.78 is 10.2. The van der Waals surface area contributed by atoms with Crippen molar-refractivity contribution in [3.8, 4) is 5.75 Å². The van der Waals surface area contributed by atoms with Crippen molar-refractivity contribution >= 4 is 34.7 Å². The molecule has 2 aromatic carbocycles. The van der Waals surface area contributed by atoms with E-state index in [-0.39, 0.29) is 29.9 Å². The van der Waals surface area contributed by atoms with Gasteiger partial charge >= 0.3 is 11.6 Å². The maximum atomic E-state index is 12.3. The van der Waals surface area contributed by atoms with Gasteiger partial charge in [-0.3, -0.25) is 24.1 Å². The van der Waals surface area contributed by atoms with Crippen LogP contribution in [0.1, 0.15) is 37.5 Å². The summed E-state index contributed by atoms with van der Waals surface area (Å²) in [6.45, 7) is -0.129. The van der Waals surface area contributed by atoms with Gasteiger partial charge in [0.1, 0.15) is 16.9 Å². The molecular formula is C21H14N2O7. The number of imide groups is 1. The summed E-state index contributed by atoms with van der Waals surface area (Å²) in [4.78, 5) is 60.8. The molecule has 0 fully saturated rings. The minimum absolute atomic E-state index is 0.102. The van der Waals surface area contributed by atoms with Crippen molar-refractivity contribution in [1.82, 2.24) is 4.90 Å². The number of esters is 1. The van der Waals surface area contributed by atoms with Gasteiger partial charge in [-0.1, -0.05) is 12.1 Å². The first kappa shape index (κ1) is 19.1. The first-order valence-electron chi connectivity index (χ1n) is 8.89. The number of primary amides is 1. The lowest BCUT2D eigenvalue weighted by molar-refractivity contribution is -0.134. The Morgan fingerprint density at radius 3 is 2.27 bits per heavy atom. The molecule has 0 saturated carbocycles. The fourth-order valence-electron chi connectivity index (χ4n) is 3.15. The van der Waals surface area contributed by atoms with E-state index in [1.54, 1.807) is 24.3 Å². The van der Waals surface area contributed by atoms with E-state index >= 15 is 0 Å². The van der Waals surface area contributed by atoms with Crippen LogP contribution in [0.5, 0.6) is 5.75 Å². The SMILES string of the molecule is NC(=O)c1cc2ccc(OC(=O)CCN3C(=O)c4ccccc4C3=O)cc2oc1=O. The summed E-state index contributed by atoms with van der Waals surface area (Å²) >= 11 is 0. The average Bonchev–Trinajstić information content (AvgIpc) is 2.96. The van der Waals surface area contributed by atoms with Gasteiger partial charge in [-0.15, -0.1) is 0 Å². The second-order valence-electron chi connectivity index (χ2n) is 6.54. The Morgan fingerprint density at radius 1 is 0.967 bits per heavy atom. The van der Waals surface area contributed by atoms with Crippen LogP contribution in [0, 0.1) is 0 Å². The van der Waals surface area contributed by atoms with E-state index in [2.05, 4.69) is 0 Å². The molecule has 0 saturated heterocycles. The highest BCUT2D eigenvalue weighted by atomic mass is 16.5. The van der Waals surface area contributed by atoms with E-state index in [1.807, 2.05) is 0 Å². The minimum atomic E-state index is -0.908. The van der Waals surface area contributed by atoms with Gasteiger partial charge in [-0.25, -0.2) is 4.79 Å². The third-order valence-corrected chi connectivity index (χ3v) is 4.62. The number of carbonyl (C=O) groups excluding carboxylic acids is 4. The molecule has 9 nitrogen and oxygen atoms in total. The van der Waals surface area contributed by atoms with Crippen LogP contribution in [0.25, 0.3) is 11.0 Å². The van der Waals surface area contributed by atoms with E-state index < -0.39 is 29.3 Å². The summed E-state index contributed by atoms with van der Waals surface area (Å²) in [6, 6.07) is 12.0. The van der Waals surface area contributed by atoms with Gasteiger partial charge in [0.2, 0.25) is 0 Å². The Morgan fingerprint density at radius 2 is 1.63 bits per heavy atom. The van der Waals surface area contributed by atoms with Crippen molar-refractivity contribution in [1.29, 1.82) is 0 Å². The molecule has 30 heavy (non-hydrogen) atoms. The van der Waals surface area contributed by atoms with Gasteiger partial charge in [0.05, 0.1) is 17.5 Å². The highest BCUT2D eigenvalue weighted by Crippen LogP contribution is 2.23. The van der Waals surface area contributed by atoms with Crippen LogP contribution in [0.2, 0.25) is 0 Å². The third kappa shape index (κ3) is 3.32. The molecule has 9 heteroatoms. The number of rotatable bonds is 5. The number of fused-ring (bicyclic) bond motifs is 2. The molecular weight excluding hydrogens is 392 g/mol. The van der Waals surface area contributed by atoms with Crippen molar-refractivity contribution in [2.24, 2.45) is 5.73 Å². The standard InChI is InChI=1S/C21H14N2O7/c22-18(25)15-9-11-5-6-12(10-16(11)30-21(15)28)29-17(24)7-8-23-19(26)13-3-1-2-4-14(13)20(23)27/h1-6,9-10H,7-8H2,(H2,22,25). The fraction of sp³-hybridized carbons (Fsp3) is 0.0952. The van der Waals surface area contributed by atoms with Crippen LogP contribution >= 0.6 is 0 Å². The van der Waals surface area contributed by atoms with Gasteiger partial charge in [-0.2, -0.15) is 0 Å². The van der Waals surface area contributed by atoms with Crippen molar-refractivity contribution in [2.75, 3.05) is 6.54 Å². The van der Waals surface area contributed by atoms with Crippen molar-refractivity contribution in [3.05, 3.63) is 75.6 Å². The molecule has 150 valence electrons. The number of hydrogen-bond acceptors (Lipinski definition) is 7. The number of benzene rings is 2. The minimum Gasteiger partial charge on any atom is -0.426 e. The van der Waals surface area contributed by atoms with Crippen LogP contribution in [-0.2, 0) is 4.79 Å². The molecule has 4 rings (SSSR count). The predicted octanol–water partition coefficient (Wildman–Crippen LogP) is 1.48. The maximum Gasteiger partial charge on any atom is 0.349 e. The first-order valence-corrected chi connectivity index (χ1v) is 8.89. The Bertz CT molecular complexity index is 1260. The molecule has 0 atom stereocenters. The number of nitrogens with zero attached hydrogens (tertiary/aromatic N) is 1. The van der Waals surface area contributed by atoms with E-state index in [1.165, 1.54) is 24.3 Å². The number of ether oxygens (including phenoxy) is 1. The summed E-state index contributed by atoms with van der Waals surface area (Å²) in [5.74, 6) is -2.40. The Labute approximate surface area is 168 Å². The molecule has 0 aliphatic carbocycles. The molecule has 1 aromatic heterocycles. The van der Waals surface area contributed by atoms with Crippen molar-refractivity contribution in [2.45, 2.75) is 6.42 Å². The Balaban J connectivity index is 1.44. The number of carbonyl (C=O) groups is 4. The maximum absolute atomic E-state index is 12.3. The zero-order valence-corrected chi connectivity index (χ0v) is 15.4.